The van der Waals surface area contributed by atoms with Gasteiger partial charge in [0, 0.05) is 10.8 Å². The first-order chi connectivity index (χ1) is 15.9. The van der Waals surface area contributed by atoms with Crippen LogP contribution in [0.5, 0.6) is 0 Å². The Labute approximate surface area is 215 Å². The molecule has 0 bridgehead atoms. The van der Waals surface area contributed by atoms with Gasteiger partial charge in [-0.2, -0.15) is 0 Å². The Hall–Kier alpha value is 0.580. The fourth-order valence-electron chi connectivity index (χ4n) is 10.1. The van der Waals surface area contributed by atoms with Gasteiger partial charge in [0.1, 0.15) is 4.33 Å². The molecule has 5 fully saturated rings. The van der Waals surface area contributed by atoms with Gasteiger partial charge in [-0.3, -0.25) is 0 Å². The molecule has 0 amide bonds. The van der Waals surface area contributed by atoms with Crippen molar-refractivity contribution in [2.75, 3.05) is 0 Å². The lowest BCUT2D eigenvalue weighted by atomic mass is 9.42. The minimum absolute atomic E-state index is 0.248. The second-order valence-electron chi connectivity index (χ2n) is 13.7. The Morgan fingerprint density at radius 1 is 0.545 bits per heavy atom. The predicted octanol–water partition coefficient (Wildman–Crippen LogP) is 10.7. The van der Waals surface area contributed by atoms with Gasteiger partial charge in [0.2, 0.25) is 0 Å². The first kappa shape index (κ1) is 25.2. The molecule has 0 N–H and O–H groups in total. The zero-order chi connectivity index (χ0) is 23.1. The molecule has 5 rings (SSSR count). The highest BCUT2D eigenvalue weighted by molar-refractivity contribution is 6.50. The van der Waals surface area contributed by atoms with Gasteiger partial charge in [-0.05, 0) is 119 Å². The van der Waals surface area contributed by atoms with Crippen molar-refractivity contribution in [2.24, 2.45) is 46.3 Å². The number of hydrogen-bond donors (Lipinski definition) is 0. The maximum atomic E-state index is 7.40. The fraction of sp³-hybridized carbons (Fsp3) is 1.00. The second-order valence-corrected chi connectivity index (χ2v) is 15.1. The molecule has 0 nitrogen and oxygen atoms in total. The van der Waals surface area contributed by atoms with Gasteiger partial charge in [0.15, 0.2) is 0 Å². The van der Waals surface area contributed by atoms with Crippen LogP contribution in [0, 0.1) is 46.3 Å². The lowest BCUT2D eigenvalue weighted by Crippen LogP contribution is -2.66. The topological polar surface area (TPSA) is 0 Å². The van der Waals surface area contributed by atoms with Crippen LogP contribution in [0.2, 0.25) is 0 Å². The monoisotopic (exact) mass is 494 g/mol. The van der Waals surface area contributed by atoms with Crippen molar-refractivity contribution in [3.63, 3.8) is 0 Å². The molecule has 0 atom stereocenters. The first-order valence-electron chi connectivity index (χ1n) is 15.3. The first-order valence-corrected chi connectivity index (χ1v) is 16.1. The van der Waals surface area contributed by atoms with Gasteiger partial charge in [-0.1, -0.05) is 58.8 Å². The molecule has 33 heavy (non-hydrogen) atoms. The third kappa shape index (κ3) is 4.58. The highest BCUT2D eigenvalue weighted by Crippen LogP contribution is 2.77. The summed E-state index contributed by atoms with van der Waals surface area (Å²) in [7, 11) is 0. The summed E-state index contributed by atoms with van der Waals surface area (Å²) in [5.41, 5.74) is 0.496. The lowest BCUT2D eigenvalue weighted by molar-refractivity contribution is -0.122. The van der Waals surface area contributed by atoms with E-state index in [1.54, 1.807) is 0 Å². The van der Waals surface area contributed by atoms with Crippen molar-refractivity contribution in [3.05, 3.63) is 0 Å². The average molecular weight is 496 g/mol. The van der Waals surface area contributed by atoms with Crippen LogP contribution in [-0.4, -0.2) is 4.33 Å². The van der Waals surface area contributed by atoms with Crippen LogP contribution in [0.15, 0.2) is 0 Å². The summed E-state index contributed by atoms with van der Waals surface area (Å²) in [5.74, 6) is 5.98. The summed E-state index contributed by atoms with van der Waals surface area (Å²) in [4.78, 5) is 0. The Balaban J connectivity index is 1.11. The van der Waals surface area contributed by atoms with Crippen LogP contribution in [-0.2, 0) is 0 Å². The molecule has 0 unspecified atom stereocenters. The SMILES string of the molecule is CCCC1CCC([C@H]2CC[C@]3(CC2)C[C@@]2(CCC(C4CCC(CC)CC4)CC2)C3(Cl)Cl)CC1. The quantitative estimate of drug-likeness (QED) is 0.333. The molecule has 2 spiro atoms. The number of rotatable bonds is 5. The van der Waals surface area contributed by atoms with Gasteiger partial charge >= 0.3 is 0 Å². The summed E-state index contributed by atoms with van der Waals surface area (Å²) in [6.45, 7) is 4.74. The van der Waals surface area contributed by atoms with Crippen LogP contribution in [0.4, 0.5) is 0 Å². The molecule has 0 radical (unpaired) electrons. The predicted molar refractivity (Wildman–Crippen MR) is 144 cm³/mol. The zero-order valence-electron chi connectivity index (χ0n) is 21.9. The minimum Gasteiger partial charge on any atom is -0.100 e. The highest BCUT2D eigenvalue weighted by atomic mass is 35.5. The normalized spacial score (nSPS) is 48.0. The maximum Gasteiger partial charge on any atom is 0.129 e. The standard InChI is InChI=1S/C31H52Cl2/c1-3-5-24-8-12-26(13-9-24)28-16-20-30(21-17-28)22-29(31(30,32)33)18-14-27(15-19-29)25-10-6-23(4-2)7-11-25/h23-28H,3-22H2,1-2H3/t23?,24?,25?,26?,27?,28-,29-,30-. The number of halogens is 2. The molecule has 190 valence electrons. The third-order valence-corrected chi connectivity index (χ3v) is 14.0. The molecule has 0 aromatic rings. The highest BCUT2D eigenvalue weighted by Gasteiger charge is 2.72. The largest absolute Gasteiger partial charge is 0.129 e. The lowest BCUT2D eigenvalue weighted by Gasteiger charge is -2.69. The molecular weight excluding hydrogens is 443 g/mol. The molecule has 0 aliphatic heterocycles. The molecule has 0 aromatic carbocycles. The fourth-order valence-corrected chi connectivity index (χ4v) is 11.1. The van der Waals surface area contributed by atoms with Crippen LogP contribution >= 0.6 is 23.2 Å². The molecule has 0 aromatic heterocycles. The van der Waals surface area contributed by atoms with E-state index < -0.39 is 4.33 Å². The van der Waals surface area contributed by atoms with Crippen molar-refractivity contribution in [1.82, 2.24) is 0 Å². The second kappa shape index (κ2) is 10.1. The maximum absolute atomic E-state index is 7.40. The third-order valence-electron chi connectivity index (χ3n) is 12.4. The van der Waals surface area contributed by atoms with E-state index in [0.717, 1.165) is 35.5 Å². The van der Waals surface area contributed by atoms with E-state index in [0.29, 0.717) is 0 Å². The number of alkyl halides is 2. The molecule has 5 aliphatic carbocycles. The van der Waals surface area contributed by atoms with Crippen molar-refractivity contribution >= 4 is 23.2 Å². The van der Waals surface area contributed by atoms with E-state index in [1.807, 2.05) is 0 Å². The molecular formula is C31H52Cl2. The Morgan fingerprint density at radius 3 is 1.30 bits per heavy atom. The van der Waals surface area contributed by atoms with Crippen LogP contribution < -0.4 is 0 Å². The Bertz CT molecular complexity index is 621. The van der Waals surface area contributed by atoms with Gasteiger partial charge < -0.3 is 0 Å². The van der Waals surface area contributed by atoms with E-state index in [4.69, 9.17) is 23.2 Å². The number of hydrogen-bond acceptors (Lipinski definition) is 0. The van der Waals surface area contributed by atoms with Gasteiger partial charge in [-0.15, -0.1) is 23.2 Å². The summed E-state index contributed by atoms with van der Waals surface area (Å²) >= 11 is 14.8. The van der Waals surface area contributed by atoms with Gasteiger partial charge in [0.25, 0.3) is 0 Å². The van der Waals surface area contributed by atoms with E-state index in [2.05, 4.69) is 13.8 Å². The van der Waals surface area contributed by atoms with Gasteiger partial charge in [-0.25, -0.2) is 0 Å². The van der Waals surface area contributed by atoms with E-state index in [1.165, 1.54) is 128 Å². The van der Waals surface area contributed by atoms with Gasteiger partial charge in [0.05, 0.1) is 0 Å². The Morgan fingerprint density at radius 2 is 0.939 bits per heavy atom. The van der Waals surface area contributed by atoms with Crippen molar-refractivity contribution in [3.8, 4) is 0 Å². The van der Waals surface area contributed by atoms with Crippen LogP contribution in [0.1, 0.15) is 142 Å². The van der Waals surface area contributed by atoms with E-state index in [9.17, 15) is 0 Å². The summed E-state index contributed by atoms with van der Waals surface area (Å²) in [6.07, 6.45) is 28.4. The minimum atomic E-state index is -0.450. The molecule has 0 saturated heterocycles. The van der Waals surface area contributed by atoms with Crippen molar-refractivity contribution in [2.45, 2.75) is 147 Å². The molecule has 2 heteroatoms. The summed E-state index contributed by atoms with van der Waals surface area (Å²) < 4.78 is -0.450. The smallest absolute Gasteiger partial charge is 0.100 e. The summed E-state index contributed by atoms with van der Waals surface area (Å²) in [6, 6.07) is 0. The zero-order valence-corrected chi connectivity index (χ0v) is 23.4. The summed E-state index contributed by atoms with van der Waals surface area (Å²) in [5, 5.41) is 0. The van der Waals surface area contributed by atoms with Crippen LogP contribution in [0.3, 0.4) is 0 Å². The van der Waals surface area contributed by atoms with E-state index in [-0.39, 0.29) is 10.8 Å². The Kier molecular flexibility index (Phi) is 7.76. The van der Waals surface area contributed by atoms with Crippen molar-refractivity contribution < 1.29 is 0 Å². The molecule has 5 saturated carbocycles. The van der Waals surface area contributed by atoms with E-state index >= 15 is 0 Å². The molecule has 5 aliphatic rings. The molecule has 0 heterocycles. The van der Waals surface area contributed by atoms with Crippen molar-refractivity contribution in [1.29, 1.82) is 0 Å². The van der Waals surface area contributed by atoms with Crippen LogP contribution in [0.25, 0.3) is 0 Å². The average Bonchev–Trinajstić information content (AvgIpc) is 2.86.